The van der Waals surface area contributed by atoms with E-state index in [1.165, 1.54) is 23.1 Å². The van der Waals surface area contributed by atoms with Crippen molar-refractivity contribution >= 4 is 43.5 Å². The molecular formula is C35H37BrFN3O4S. The van der Waals surface area contributed by atoms with Crippen molar-refractivity contribution in [3.63, 3.8) is 0 Å². The van der Waals surface area contributed by atoms with Crippen molar-refractivity contribution < 1.29 is 22.4 Å². The highest BCUT2D eigenvalue weighted by Crippen LogP contribution is 2.28. The van der Waals surface area contributed by atoms with Gasteiger partial charge in [0.1, 0.15) is 18.4 Å². The number of anilines is 1. The lowest BCUT2D eigenvalue weighted by Crippen LogP contribution is -2.56. The summed E-state index contributed by atoms with van der Waals surface area (Å²) in [4.78, 5) is 29.7. The van der Waals surface area contributed by atoms with Gasteiger partial charge in [0, 0.05) is 28.5 Å². The Labute approximate surface area is 273 Å². The van der Waals surface area contributed by atoms with Gasteiger partial charge in [0.15, 0.2) is 0 Å². The summed E-state index contributed by atoms with van der Waals surface area (Å²) in [6.07, 6.45) is 0.130. The number of nitrogens with one attached hydrogen (secondary N) is 1. The first-order valence-electron chi connectivity index (χ1n) is 14.5. The average Bonchev–Trinajstić information content (AvgIpc) is 2.98. The number of rotatable bonds is 11. The van der Waals surface area contributed by atoms with Gasteiger partial charge in [-0.2, -0.15) is 0 Å². The molecular weight excluding hydrogens is 657 g/mol. The first-order chi connectivity index (χ1) is 21.2. The van der Waals surface area contributed by atoms with Crippen LogP contribution in [0.2, 0.25) is 0 Å². The molecule has 7 nitrogen and oxygen atoms in total. The Morgan fingerprint density at radius 2 is 1.53 bits per heavy atom. The molecule has 0 fully saturated rings. The lowest BCUT2D eigenvalue weighted by Gasteiger charge is -2.35. The third-order valence-electron chi connectivity index (χ3n) is 7.05. The molecule has 0 aliphatic carbocycles. The molecule has 0 saturated carbocycles. The first-order valence-corrected chi connectivity index (χ1v) is 16.7. The van der Waals surface area contributed by atoms with Gasteiger partial charge in [0.2, 0.25) is 11.8 Å². The molecule has 1 N–H and O–H groups in total. The van der Waals surface area contributed by atoms with E-state index in [9.17, 15) is 18.0 Å². The van der Waals surface area contributed by atoms with Crippen LogP contribution in [0.4, 0.5) is 10.1 Å². The number of hydrogen-bond acceptors (Lipinski definition) is 4. The van der Waals surface area contributed by atoms with E-state index in [0.29, 0.717) is 4.47 Å². The highest BCUT2D eigenvalue weighted by atomic mass is 79.9. The molecule has 1 atom stereocenters. The van der Waals surface area contributed by atoms with E-state index in [2.05, 4.69) is 21.2 Å². The van der Waals surface area contributed by atoms with Crippen LogP contribution in [-0.4, -0.2) is 43.3 Å². The number of halogens is 2. The fourth-order valence-corrected chi connectivity index (χ4v) is 6.61. The minimum Gasteiger partial charge on any atom is -0.350 e. The fourth-order valence-electron chi connectivity index (χ4n) is 4.81. The summed E-state index contributed by atoms with van der Waals surface area (Å²) in [6.45, 7) is 6.46. The van der Waals surface area contributed by atoms with Crippen molar-refractivity contribution in [3.8, 4) is 0 Å². The lowest BCUT2D eigenvalue weighted by atomic mass is 10.0. The summed E-state index contributed by atoms with van der Waals surface area (Å²) in [5.74, 6) is -1.65. The van der Waals surface area contributed by atoms with Crippen LogP contribution in [0.5, 0.6) is 0 Å². The quantitative estimate of drug-likeness (QED) is 0.191. The van der Waals surface area contributed by atoms with Gasteiger partial charge in [-0.15, -0.1) is 0 Å². The number of hydrogen-bond donors (Lipinski definition) is 1. The molecule has 0 spiro atoms. The number of nitrogens with zero attached hydrogens (tertiary/aromatic N) is 2. The van der Waals surface area contributed by atoms with Crippen LogP contribution in [0.15, 0.2) is 112 Å². The second-order valence-electron chi connectivity index (χ2n) is 11.9. The summed E-state index contributed by atoms with van der Waals surface area (Å²) in [5.41, 5.74) is 1.49. The van der Waals surface area contributed by atoms with Crippen molar-refractivity contribution in [1.29, 1.82) is 0 Å². The number of carbonyl (C=O) groups is 2. The predicted molar refractivity (Wildman–Crippen MR) is 179 cm³/mol. The zero-order valence-corrected chi connectivity index (χ0v) is 28.1. The summed E-state index contributed by atoms with van der Waals surface area (Å²) < 4.78 is 44.9. The molecule has 4 aromatic carbocycles. The maximum absolute atomic E-state index is 15.0. The van der Waals surface area contributed by atoms with E-state index in [1.54, 1.807) is 54.6 Å². The minimum absolute atomic E-state index is 0.00726. The molecule has 236 valence electrons. The van der Waals surface area contributed by atoms with Gasteiger partial charge in [-0.1, -0.05) is 88.2 Å². The molecule has 0 saturated heterocycles. The third-order valence-corrected chi connectivity index (χ3v) is 9.33. The van der Waals surface area contributed by atoms with E-state index in [0.717, 1.165) is 15.4 Å². The molecule has 0 unspecified atom stereocenters. The van der Waals surface area contributed by atoms with Crippen molar-refractivity contribution in [2.24, 2.45) is 0 Å². The Bertz CT molecular complexity index is 1740. The van der Waals surface area contributed by atoms with Crippen LogP contribution < -0.4 is 9.62 Å². The van der Waals surface area contributed by atoms with E-state index in [-0.39, 0.29) is 29.1 Å². The normalized spacial score (nSPS) is 12.3. The van der Waals surface area contributed by atoms with Gasteiger partial charge in [0.25, 0.3) is 10.0 Å². The Morgan fingerprint density at radius 1 is 0.889 bits per heavy atom. The van der Waals surface area contributed by atoms with E-state index < -0.39 is 45.8 Å². The monoisotopic (exact) mass is 693 g/mol. The summed E-state index contributed by atoms with van der Waals surface area (Å²) in [7, 11) is -4.24. The molecule has 10 heteroatoms. The Morgan fingerprint density at radius 3 is 2.16 bits per heavy atom. The van der Waals surface area contributed by atoms with Crippen LogP contribution >= 0.6 is 15.9 Å². The zero-order chi connectivity index (χ0) is 32.8. The maximum Gasteiger partial charge on any atom is 0.264 e. The molecule has 2 amide bonds. The number of benzene rings is 4. The molecule has 0 heterocycles. The SMILES string of the molecule is Cc1ccc(S(=O)(=O)N(CC(=O)N(Cc2ccccc2F)[C@H](Cc2ccccc2)C(=O)NC(C)(C)C)c2cccc(Br)c2)cc1. The Balaban J connectivity index is 1.83. The zero-order valence-electron chi connectivity index (χ0n) is 25.7. The molecule has 0 aromatic heterocycles. The van der Waals surface area contributed by atoms with Crippen LogP contribution in [0.3, 0.4) is 0 Å². The first kappa shape index (κ1) is 33.9. The highest BCUT2D eigenvalue weighted by molar-refractivity contribution is 9.10. The summed E-state index contributed by atoms with van der Waals surface area (Å²) in [5, 5.41) is 2.96. The van der Waals surface area contributed by atoms with E-state index in [1.807, 2.05) is 58.0 Å². The Hall–Kier alpha value is -4.02. The van der Waals surface area contributed by atoms with Crippen LogP contribution in [0.1, 0.15) is 37.5 Å². The van der Waals surface area contributed by atoms with E-state index in [4.69, 9.17) is 0 Å². The maximum atomic E-state index is 15.0. The fraction of sp³-hybridized carbons (Fsp3) is 0.257. The van der Waals surface area contributed by atoms with Crippen LogP contribution in [-0.2, 0) is 32.6 Å². The van der Waals surface area contributed by atoms with Crippen molar-refractivity contribution in [3.05, 3.63) is 130 Å². The van der Waals surface area contributed by atoms with E-state index >= 15 is 4.39 Å². The number of amides is 2. The highest BCUT2D eigenvalue weighted by Gasteiger charge is 2.36. The largest absolute Gasteiger partial charge is 0.350 e. The summed E-state index contributed by atoms with van der Waals surface area (Å²) >= 11 is 3.41. The molecule has 0 radical (unpaired) electrons. The predicted octanol–water partition coefficient (Wildman–Crippen LogP) is 6.65. The number of carbonyl (C=O) groups excluding carboxylic acids is 2. The number of sulfonamides is 1. The minimum atomic E-state index is -4.24. The van der Waals surface area contributed by atoms with Gasteiger partial charge < -0.3 is 10.2 Å². The second kappa shape index (κ2) is 14.4. The van der Waals surface area contributed by atoms with Gasteiger partial charge in [-0.3, -0.25) is 13.9 Å². The molecule has 0 aliphatic rings. The molecule has 0 bridgehead atoms. The molecule has 45 heavy (non-hydrogen) atoms. The average molecular weight is 695 g/mol. The molecule has 4 rings (SSSR count). The Kier molecular flexibility index (Phi) is 10.8. The lowest BCUT2D eigenvalue weighted by molar-refractivity contribution is -0.140. The smallest absolute Gasteiger partial charge is 0.264 e. The van der Waals surface area contributed by atoms with Crippen molar-refractivity contribution in [1.82, 2.24) is 10.2 Å². The van der Waals surface area contributed by atoms with Gasteiger partial charge >= 0.3 is 0 Å². The number of aryl methyl sites for hydroxylation is 1. The van der Waals surface area contributed by atoms with Crippen LogP contribution in [0.25, 0.3) is 0 Å². The van der Waals surface area contributed by atoms with Gasteiger partial charge in [0.05, 0.1) is 10.6 Å². The summed E-state index contributed by atoms with van der Waals surface area (Å²) in [6, 6.07) is 27.1. The molecule has 4 aromatic rings. The molecule has 0 aliphatic heterocycles. The van der Waals surface area contributed by atoms with Crippen LogP contribution in [0, 0.1) is 12.7 Å². The van der Waals surface area contributed by atoms with Gasteiger partial charge in [-0.25, -0.2) is 12.8 Å². The standard InChI is InChI=1S/C35H37BrFN3O4S/c1-25-17-19-30(20-18-25)45(43,44)40(29-15-10-14-28(36)22-29)24-33(41)39(23-27-13-8-9-16-31(27)37)32(34(42)38-35(2,3)4)21-26-11-6-5-7-12-26/h5-20,22,32H,21,23-24H2,1-4H3,(H,38,42)/t32-/m1/s1. The van der Waals surface area contributed by atoms with Crippen molar-refractivity contribution in [2.75, 3.05) is 10.8 Å². The second-order valence-corrected chi connectivity index (χ2v) is 14.6. The van der Waals surface area contributed by atoms with Crippen molar-refractivity contribution in [2.45, 2.75) is 57.1 Å². The van der Waals surface area contributed by atoms with Gasteiger partial charge in [-0.05, 0) is 69.7 Å². The topological polar surface area (TPSA) is 86.8 Å². The third kappa shape index (κ3) is 9.02.